The zero-order valence-electron chi connectivity index (χ0n) is 8.53. The van der Waals surface area contributed by atoms with Crippen molar-refractivity contribution in [1.82, 2.24) is 10.4 Å². The molecule has 1 aliphatic carbocycles. The fraction of sp³-hybridized carbons (Fsp3) is 0.545. The van der Waals surface area contributed by atoms with Crippen LogP contribution in [0, 0.1) is 12.8 Å². The Labute approximate surface area is 84.7 Å². The van der Waals surface area contributed by atoms with E-state index in [1.54, 1.807) is 0 Å². The maximum absolute atomic E-state index is 5.56. The van der Waals surface area contributed by atoms with Gasteiger partial charge in [-0.25, -0.2) is 0 Å². The molecule has 76 valence electrons. The smallest absolute Gasteiger partial charge is 0.0637 e. The van der Waals surface area contributed by atoms with Gasteiger partial charge in [-0.3, -0.25) is 16.3 Å². The summed E-state index contributed by atoms with van der Waals surface area (Å²) in [5, 5.41) is 0. The van der Waals surface area contributed by atoms with Crippen molar-refractivity contribution in [3.63, 3.8) is 0 Å². The molecule has 0 spiro atoms. The van der Waals surface area contributed by atoms with Crippen LogP contribution in [0.4, 0.5) is 0 Å². The van der Waals surface area contributed by atoms with Crippen molar-refractivity contribution in [2.45, 2.75) is 32.2 Å². The predicted molar refractivity (Wildman–Crippen MR) is 56.4 cm³/mol. The predicted octanol–water partition coefficient (Wildman–Crippen LogP) is 1.69. The number of hydrazine groups is 1. The molecule has 1 unspecified atom stereocenters. The minimum absolute atomic E-state index is 0.226. The van der Waals surface area contributed by atoms with Gasteiger partial charge in [-0.05, 0) is 30.9 Å². The van der Waals surface area contributed by atoms with Crippen LogP contribution in [0.15, 0.2) is 18.3 Å². The second-order valence-electron chi connectivity index (χ2n) is 4.10. The van der Waals surface area contributed by atoms with E-state index < -0.39 is 0 Å². The van der Waals surface area contributed by atoms with Gasteiger partial charge in [0.25, 0.3) is 0 Å². The van der Waals surface area contributed by atoms with E-state index in [1.165, 1.54) is 18.4 Å². The number of nitrogens with one attached hydrogen (secondary N) is 1. The van der Waals surface area contributed by atoms with Crippen molar-refractivity contribution >= 4 is 0 Å². The van der Waals surface area contributed by atoms with Gasteiger partial charge in [0.1, 0.15) is 0 Å². The van der Waals surface area contributed by atoms with Crippen LogP contribution in [0.3, 0.4) is 0 Å². The zero-order chi connectivity index (χ0) is 9.97. The summed E-state index contributed by atoms with van der Waals surface area (Å²) in [6.45, 7) is 2.08. The summed E-state index contributed by atoms with van der Waals surface area (Å²) in [6.07, 6.45) is 5.65. The lowest BCUT2D eigenvalue weighted by molar-refractivity contribution is 0.474. The Morgan fingerprint density at radius 1 is 1.64 bits per heavy atom. The van der Waals surface area contributed by atoms with E-state index in [4.69, 9.17) is 5.84 Å². The highest BCUT2D eigenvalue weighted by molar-refractivity contribution is 5.21. The maximum atomic E-state index is 5.56. The summed E-state index contributed by atoms with van der Waals surface area (Å²) < 4.78 is 0. The molecular weight excluding hydrogens is 174 g/mol. The van der Waals surface area contributed by atoms with Gasteiger partial charge in [0, 0.05) is 6.20 Å². The van der Waals surface area contributed by atoms with Gasteiger partial charge < -0.3 is 0 Å². The van der Waals surface area contributed by atoms with E-state index in [1.807, 2.05) is 12.3 Å². The molecule has 0 saturated heterocycles. The molecule has 0 amide bonds. The molecule has 3 heteroatoms. The summed E-state index contributed by atoms with van der Waals surface area (Å²) in [7, 11) is 0. The van der Waals surface area contributed by atoms with E-state index in [0.29, 0.717) is 0 Å². The highest BCUT2D eigenvalue weighted by Gasteiger charge is 2.26. The Morgan fingerprint density at radius 2 is 2.43 bits per heavy atom. The lowest BCUT2D eigenvalue weighted by atomic mass is 10.0. The average molecular weight is 191 g/mol. The van der Waals surface area contributed by atoms with Crippen molar-refractivity contribution in [2.24, 2.45) is 11.8 Å². The molecule has 0 aromatic carbocycles. The largest absolute Gasteiger partial charge is 0.271 e. The van der Waals surface area contributed by atoms with Gasteiger partial charge >= 0.3 is 0 Å². The normalized spacial score (nSPS) is 18.1. The maximum Gasteiger partial charge on any atom is 0.0637 e. The van der Waals surface area contributed by atoms with Gasteiger partial charge in [-0.15, -0.1) is 0 Å². The number of aryl methyl sites for hydroxylation is 1. The lowest BCUT2D eigenvalue weighted by Crippen LogP contribution is -2.29. The molecule has 1 saturated carbocycles. The monoisotopic (exact) mass is 191 g/mol. The Balaban J connectivity index is 2.12. The first-order chi connectivity index (χ1) is 6.81. The third-order valence-electron chi connectivity index (χ3n) is 2.85. The fourth-order valence-electron chi connectivity index (χ4n) is 1.81. The fourth-order valence-corrected chi connectivity index (χ4v) is 1.81. The molecule has 1 aliphatic rings. The van der Waals surface area contributed by atoms with Crippen molar-refractivity contribution in [3.8, 4) is 0 Å². The molecule has 2 rings (SSSR count). The molecule has 0 aliphatic heterocycles. The summed E-state index contributed by atoms with van der Waals surface area (Å²) >= 11 is 0. The number of nitrogens with zero attached hydrogens (tertiary/aromatic N) is 1. The van der Waals surface area contributed by atoms with Gasteiger partial charge in [0.2, 0.25) is 0 Å². The number of aromatic nitrogens is 1. The van der Waals surface area contributed by atoms with Gasteiger partial charge in [-0.1, -0.05) is 18.9 Å². The van der Waals surface area contributed by atoms with Crippen LogP contribution in [0.25, 0.3) is 0 Å². The number of nitrogens with two attached hydrogens (primary N) is 1. The van der Waals surface area contributed by atoms with Crippen LogP contribution in [-0.4, -0.2) is 4.98 Å². The van der Waals surface area contributed by atoms with Crippen LogP contribution < -0.4 is 11.3 Å². The molecule has 0 bridgehead atoms. The van der Waals surface area contributed by atoms with Crippen LogP contribution in [0.2, 0.25) is 0 Å². The Kier molecular flexibility index (Phi) is 2.79. The second-order valence-corrected chi connectivity index (χ2v) is 4.10. The summed E-state index contributed by atoms with van der Waals surface area (Å²) in [5.74, 6) is 6.42. The number of hydrogen-bond acceptors (Lipinski definition) is 3. The molecule has 3 N–H and O–H groups in total. The molecule has 1 atom stereocenters. The third-order valence-corrected chi connectivity index (χ3v) is 2.85. The molecule has 1 aromatic heterocycles. The van der Waals surface area contributed by atoms with Gasteiger partial charge in [-0.2, -0.15) is 0 Å². The molecule has 3 nitrogen and oxygen atoms in total. The van der Waals surface area contributed by atoms with E-state index in [-0.39, 0.29) is 6.04 Å². The first-order valence-electron chi connectivity index (χ1n) is 5.19. The first-order valence-corrected chi connectivity index (χ1v) is 5.19. The molecule has 14 heavy (non-hydrogen) atoms. The van der Waals surface area contributed by atoms with E-state index in [9.17, 15) is 0 Å². The molecule has 0 radical (unpaired) electrons. The summed E-state index contributed by atoms with van der Waals surface area (Å²) in [5.41, 5.74) is 5.19. The highest BCUT2D eigenvalue weighted by Crippen LogP contribution is 2.37. The topological polar surface area (TPSA) is 50.9 Å². The first kappa shape index (κ1) is 9.62. The quantitative estimate of drug-likeness (QED) is 0.562. The van der Waals surface area contributed by atoms with Crippen molar-refractivity contribution in [1.29, 1.82) is 0 Å². The van der Waals surface area contributed by atoms with Crippen LogP contribution in [0.5, 0.6) is 0 Å². The Bertz CT molecular complexity index is 307. The zero-order valence-corrected chi connectivity index (χ0v) is 8.53. The van der Waals surface area contributed by atoms with Crippen molar-refractivity contribution in [2.75, 3.05) is 0 Å². The highest BCUT2D eigenvalue weighted by atomic mass is 15.2. The van der Waals surface area contributed by atoms with Crippen molar-refractivity contribution in [3.05, 3.63) is 29.6 Å². The molecule has 1 heterocycles. The SMILES string of the molecule is Cc1cccnc1C(CC1CC1)NN. The van der Waals surface area contributed by atoms with Crippen LogP contribution in [-0.2, 0) is 0 Å². The molecular formula is C11H17N3. The molecule has 1 aromatic rings. The summed E-state index contributed by atoms with van der Waals surface area (Å²) in [4.78, 5) is 4.39. The Morgan fingerprint density at radius 3 is 3.00 bits per heavy atom. The minimum atomic E-state index is 0.226. The second kappa shape index (κ2) is 4.07. The van der Waals surface area contributed by atoms with E-state index in [2.05, 4.69) is 23.4 Å². The third kappa shape index (κ3) is 2.11. The van der Waals surface area contributed by atoms with Crippen LogP contribution in [0.1, 0.15) is 36.6 Å². The van der Waals surface area contributed by atoms with Gasteiger partial charge in [0.15, 0.2) is 0 Å². The number of pyridine rings is 1. The number of hydrogen-bond donors (Lipinski definition) is 2. The average Bonchev–Trinajstić information content (AvgIpc) is 2.99. The molecule has 1 fully saturated rings. The summed E-state index contributed by atoms with van der Waals surface area (Å²) in [6, 6.07) is 4.27. The van der Waals surface area contributed by atoms with Gasteiger partial charge in [0.05, 0.1) is 11.7 Å². The van der Waals surface area contributed by atoms with Crippen LogP contribution >= 0.6 is 0 Å². The van der Waals surface area contributed by atoms with E-state index in [0.717, 1.165) is 18.0 Å². The standard InChI is InChI=1S/C11H17N3/c1-8-3-2-6-13-11(8)10(14-12)7-9-4-5-9/h2-3,6,9-10,14H,4-5,7,12H2,1H3. The van der Waals surface area contributed by atoms with E-state index >= 15 is 0 Å². The number of rotatable bonds is 4. The Hall–Kier alpha value is -0.930. The van der Waals surface area contributed by atoms with Crippen molar-refractivity contribution < 1.29 is 0 Å². The lowest BCUT2D eigenvalue weighted by Gasteiger charge is -2.16. The minimum Gasteiger partial charge on any atom is -0.271 e.